The Balaban J connectivity index is 0. The van der Waals surface area contributed by atoms with Gasteiger partial charge < -0.3 is 0 Å². The van der Waals surface area contributed by atoms with E-state index in [-0.39, 0.29) is 41.5 Å². The molecule has 7 heavy (non-hydrogen) atoms. The molecule has 1 N–H and O–H groups in total. The summed E-state index contributed by atoms with van der Waals surface area (Å²) >= 11 is 1.56. The number of hydrogen-bond acceptors (Lipinski definition) is 2. The molecular weight excluding hydrogens is 259 g/mol. The van der Waals surface area contributed by atoms with Crippen molar-refractivity contribution in [1.29, 1.82) is 0 Å². The average Bonchev–Trinajstić information content (AvgIpc) is 1.35. The van der Waals surface area contributed by atoms with Gasteiger partial charge in [-0.3, -0.25) is 4.55 Å². The predicted octanol–water partition coefficient (Wildman–Crippen LogP) is -0.649. The number of halogens is 1. The van der Waals surface area contributed by atoms with Crippen molar-refractivity contribution in [2.45, 2.75) is 0 Å². The van der Waals surface area contributed by atoms with Crippen molar-refractivity contribution in [3.63, 3.8) is 0 Å². The van der Waals surface area contributed by atoms with Crippen molar-refractivity contribution in [3.8, 4) is 0 Å². The Morgan fingerprint density at radius 3 is 1.71 bits per heavy atom. The van der Waals surface area contributed by atoms with Crippen molar-refractivity contribution in [1.82, 2.24) is 0 Å². The first-order chi connectivity index (χ1) is 2.56. The standard InChI is InChI=1S/CH3IO3S.Ca.2H/c2-1-6(3,4)5;;;/h1H2,(H,3,4,5);;;. The summed E-state index contributed by atoms with van der Waals surface area (Å²) in [7, 11) is -3.68. The molecule has 42 valence electrons. The molecule has 0 rings (SSSR count). The summed E-state index contributed by atoms with van der Waals surface area (Å²) in [5, 5.41) is 0. The maximum atomic E-state index is 9.55. The second kappa shape index (κ2) is 4.75. The van der Waals surface area contributed by atoms with Gasteiger partial charge >= 0.3 is 37.7 Å². The minimum atomic E-state index is -3.68. The van der Waals surface area contributed by atoms with Crippen LogP contribution < -0.4 is 0 Å². The molecule has 0 aliphatic rings. The molecule has 0 unspecified atom stereocenters. The van der Waals surface area contributed by atoms with E-state index in [1.165, 1.54) is 0 Å². The molecule has 0 bridgehead atoms. The second-order valence-corrected chi connectivity index (χ2v) is 3.94. The Labute approximate surface area is 85.7 Å². The molecule has 0 spiro atoms. The zero-order valence-electron chi connectivity index (χ0n) is 2.76. The number of alkyl halides is 1. The zero-order valence-corrected chi connectivity index (χ0v) is 5.73. The van der Waals surface area contributed by atoms with E-state index in [9.17, 15) is 8.42 Å². The topological polar surface area (TPSA) is 54.4 Å². The molecule has 0 saturated heterocycles. The van der Waals surface area contributed by atoms with Crippen molar-refractivity contribution in [3.05, 3.63) is 0 Å². The van der Waals surface area contributed by atoms with E-state index in [1.54, 1.807) is 22.6 Å². The van der Waals surface area contributed by atoms with Gasteiger partial charge in [0, 0.05) is 0 Å². The van der Waals surface area contributed by atoms with Crippen LogP contribution in [-0.2, 0) is 10.1 Å². The van der Waals surface area contributed by atoms with Gasteiger partial charge in [0.1, 0.15) is 3.76 Å². The summed E-state index contributed by atoms with van der Waals surface area (Å²) < 4.78 is 26.7. The summed E-state index contributed by atoms with van der Waals surface area (Å²) in [6.07, 6.45) is 0. The normalized spacial score (nSPS) is 10.0. The molecule has 0 aliphatic heterocycles. The third kappa shape index (κ3) is 11.5. The molecule has 0 radical (unpaired) electrons. The van der Waals surface area contributed by atoms with Crippen LogP contribution in [-0.4, -0.2) is 54.5 Å². The molecule has 0 atom stereocenters. The van der Waals surface area contributed by atoms with E-state index < -0.39 is 10.1 Å². The molecule has 0 fully saturated rings. The molecule has 0 aromatic rings. The third-order valence-corrected chi connectivity index (χ3v) is 2.77. The van der Waals surface area contributed by atoms with Crippen LogP contribution in [0.3, 0.4) is 0 Å². The van der Waals surface area contributed by atoms with Crippen LogP contribution in [0.15, 0.2) is 0 Å². The minimum absolute atomic E-state index is 0. The molecular formula is CH5CaIO3S. The van der Waals surface area contributed by atoms with Crippen LogP contribution in [0.2, 0.25) is 0 Å². The van der Waals surface area contributed by atoms with Crippen molar-refractivity contribution in [2.24, 2.45) is 0 Å². The van der Waals surface area contributed by atoms with Gasteiger partial charge in [0.05, 0.1) is 0 Å². The summed E-state index contributed by atoms with van der Waals surface area (Å²) in [6, 6.07) is 0. The van der Waals surface area contributed by atoms with E-state index in [1.807, 2.05) is 0 Å². The predicted molar refractivity (Wildman–Crippen MR) is 39.0 cm³/mol. The fourth-order valence-electron chi connectivity index (χ4n) is 0. The average molecular weight is 264 g/mol. The Bertz CT molecular complexity index is 117. The molecule has 3 nitrogen and oxygen atoms in total. The Kier molecular flexibility index (Phi) is 7.91. The van der Waals surface area contributed by atoms with E-state index >= 15 is 0 Å². The SMILES string of the molecule is O=S(=O)(O)CI.[CaH2]. The van der Waals surface area contributed by atoms with Gasteiger partial charge in [0.25, 0.3) is 10.1 Å². The molecule has 0 aromatic carbocycles. The summed E-state index contributed by atoms with van der Waals surface area (Å²) in [5.41, 5.74) is 0. The quantitative estimate of drug-likeness (QED) is 0.296. The zero-order chi connectivity index (χ0) is 5.21. The van der Waals surface area contributed by atoms with Crippen LogP contribution in [0.4, 0.5) is 0 Å². The Morgan fingerprint density at radius 2 is 1.71 bits per heavy atom. The van der Waals surface area contributed by atoms with E-state index in [0.29, 0.717) is 0 Å². The molecule has 0 amide bonds. The van der Waals surface area contributed by atoms with Gasteiger partial charge in [0.15, 0.2) is 0 Å². The van der Waals surface area contributed by atoms with E-state index in [2.05, 4.69) is 0 Å². The summed E-state index contributed by atoms with van der Waals surface area (Å²) in [5.74, 6) is 0. The monoisotopic (exact) mass is 264 g/mol. The molecule has 0 aromatic heterocycles. The third-order valence-electron chi connectivity index (χ3n) is 0.138. The van der Waals surface area contributed by atoms with Crippen LogP contribution in [0.1, 0.15) is 0 Å². The van der Waals surface area contributed by atoms with Gasteiger partial charge in [-0.25, -0.2) is 0 Å². The van der Waals surface area contributed by atoms with E-state index in [0.717, 1.165) is 0 Å². The molecule has 0 heterocycles. The van der Waals surface area contributed by atoms with Gasteiger partial charge in [-0.05, 0) is 0 Å². The molecule has 6 heteroatoms. The number of hydrogen-bond donors (Lipinski definition) is 1. The van der Waals surface area contributed by atoms with Crippen LogP contribution >= 0.6 is 22.6 Å². The van der Waals surface area contributed by atoms with Gasteiger partial charge in [0.2, 0.25) is 0 Å². The van der Waals surface area contributed by atoms with Crippen LogP contribution in [0.5, 0.6) is 0 Å². The first kappa shape index (κ1) is 11.7. The molecule has 0 saturated carbocycles. The number of rotatable bonds is 1. The van der Waals surface area contributed by atoms with Crippen molar-refractivity contribution < 1.29 is 13.0 Å². The maximum absolute atomic E-state index is 9.55. The Hall–Kier alpha value is 1.90. The first-order valence-electron chi connectivity index (χ1n) is 1.07. The van der Waals surface area contributed by atoms with Crippen molar-refractivity contribution >= 4 is 70.4 Å². The van der Waals surface area contributed by atoms with Gasteiger partial charge in [-0.2, -0.15) is 8.42 Å². The fourth-order valence-corrected chi connectivity index (χ4v) is 0. The van der Waals surface area contributed by atoms with Crippen LogP contribution in [0, 0.1) is 0 Å². The molecule has 0 aliphatic carbocycles. The van der Waals surface area contributed by atoms with E-state index in [4.69, 9.17) is 4.55 Å². The Morgan fingerprint density at radius 1 is 1.57 bits per heavy atom. The second-order valence-electron chi connectivity index (χ2n) is 0.691. The first-order valence-corrected chi connectivity index (χ1v) is 4.21. The fraction of sp³-hybridized carbons (Fsp3) is 1.00. The summed E-state index contributed by atoms with van der Waals surface area (Å²) in [6.45, 7) is 0. The van der Waals surface area contributed by atoms with Crippen LogP contribution in [0.25, 0.3) is 0 Å². The van der Waals surface area contributed by atoms with Gasteiger partial charge in [-0.15, -0.1) is 0 Å². The summed E-state index contributed by atoms with van der Waals surface area (Å²) in [4.78, 5) is 0. The van der Waals surface area contributed by atoms with Crippen molar-refractivity contribution in [2.75, 3.05) is 3.76 Å². The van der Waals surface area contributed by atoms with Gasteiger partial charge in [-0.1, -0.05) is 22.6 Å².